The zero-order valence-electron chi connectivity index (χ0n) is 11.9. The number of halogens is 2. The van der Waals surface area contributed by atoms with Gasteiger partial charge in [0.25, 0.3) is 0 Å². The minimum Gasteiger partial charge on any atom is -0.390 e. The van der Waals surface area contributed by atoms with E-state index < -0.39 is 17.7 Å². The van der Waals surface area contributed by atoms with Gasteiger partial charge >= 0.3 is 0 Å². The monoisotopic (exact) mass is 285 g/mol. The van der Waals surface area contributed by atoms with E-state index in [1.54, 1.807) is 0 Å². The van der Waals surface area contributed by atoms with Crippen molar-refractivity contribution in [2.75, 3.05) is 19.7 Å². The Morgan fingerprint density at radius 3 is 2.75 bits per heavy atom. The van der Waals surface area contributed by atoms with Crippen LogP contribution in [0.4, 0.5) is 8.78 Å². The molecular weight excluding hydrogens is 264 g/mol. The average Bonchev–Trinajstić information content (AvgIpc) is 2.43. The summed E-state index contributed by atoms with van der Waals surface area (Å²) >= 11 is 0. The summed E-state index contributed by atoms with van der Waals surface area (Å²) in [5, 5.41) is 10.2. The first kappa shape index (κ1) is 15.4. The van der Waals surface area contributed by atoms with Crippen LogP contribution >= 0.6 is 0 Å². The molecule has 2 rings (SSSR count). The summed E-state index contributed by atoms with van der Waals surface area (Å²) in [6.45, 7) is 6.29. The molecule has 0 amide bonds. The SMILES string of the molecule is CC(C)N1CCOC(C(O)Cc2ccc(F)c(F)c2)C1. The van der Waals surface area contributed by atoms with Crippen LogP contribution in [0.3, 0.4) is 0 Å². The average molecular weight is 285 g/mol. The minimum absolute atomic E-state index is 0.258. The Balaban J connectivity index is 1.96. The third-order valence-electron chi connectivity index (χ3n) is 3.71. The quantitative estimate of drug-likeness (QED) is 0.918. The van der Waals surface area contributed by atoms with E-state index in [-0.39, 0.29) is 12.5 Å². The highest BCUT2D eigenvalue weighted by Crippen LogP contribution is 2.16. The molecule has 0 saturated carbocycles. The second-order valence-corrected chi connectivity index (χ2v) is 5.52. The van der Waals surface area contributed by atoms with Gasteiger partial charge in [-0.2, -0.15) is 0 Å². The van der Waals surface area contributed by atoms with Gasteiger partial charge in [0.2, 0.25) is 0 Å². The van der Waals surface area contributed by atoms with Crippen LogP contribution in [0.15, 0.2) is 18.2 Å². The Bertz CT molecular complexity index is 453. The third-order valence-corrected chi connectivity index (χ3v) is 3.71. The number of aliphatic hydroxyl groups is 1. The fourth-order valence-corrected chi connectivity index (χ4v) is 2.44. The first-order valence-electron chi connectivity index (χ1n) is 6.95. The van der Waals surface area contributed by atoms with Crippen molar-refractivity contribution < 1.29 is 18.6 Å². The van der Waals surface area contributed by atoms with Crippen LogP contribution < -0.4 is 0 Å². The number of ether oxygens (including phenoxy) is 1. The van der Waals surface area contributed by atoms with Gasteiger partial charge in [-0.05, 0) is 31.5 Å². The molecule has 0 bridgehead atoms. The fourth-order valence-electron chi connectivity index (χ4n) is 2.44. The summed E-state index contributed by atoms with van der Waals surface area (Å²) in [5.74, 6) is -1.76. The van der Waals surface area contributed by atoms with Crippen LogP contribution in [0.5, 0.6) is 0 Å². The molecule has 0 aliphatic carbocycles. The Kier molecular flexibility index (Phi) is 5.07. The maximum absolute atomic E-state index is 13.1. The number of aliphatic hydroxyl groups excluding tert-OH is 1. The maximum atomic E-state index is 13.1. The first-order valence-corrected chi connectivity index (χ1v) is 6.95. The van der Waals surface area contributed by atoms with Crippen molar-refractivity contribution in [1.82, 2.24) is 4.90 Å². The molecule has 1 aromatic rings. The third kappa shape index (κ3) is 3.75. The van der Waals surface area contributed by atoms with E-state index in [0.717, 1.165) is 18.7 Å². The minimum atomic E-state index is -0.886. The van der Waals surface area contributed by atoms with Gasteiger partial charge in [-0.15, -0.1) is 0 Å². The zero-order valence-corrected chi connectivity index (χ0v) is 11.9. The van der Waals surface area contributed by atoms with Gasteiger partial charge in [0.1, 0.15) is 0 Å². The molecule has 2 unspecified atom stereocenters. The van der Waals surface area contributed by atoms with Gasteiger partial charge in [-0.25, -0.2) is 8.78 Å². The molecule has 3 nitrogen and oxygen atoms in total. The zero-order chi connectivity index (χ0) is 14.7. The molecule has 1 aliphatic rings. The van der Waals surface area contributed by atoms with Crippen LogP contribution in [0.2, 0.25) is 0 Å². The highest BCUT2D eigenvalue weighted by molar-refractivity contribution is 5.18. The van der Waals surface area contributed by atoms with E-state index in [2.05, 4.69) is 18.7 Å². The number of nitrogens with zero attached hydrogens (tertiary/aromatic N) is 1. The molecule has 5 heteroatoms. The predicted molar refractivity (Wildman–Crippen MR) is 72.5 cm³/mol. The summed E-state index contributed by atoms with van der Waals surface area (Å²) in [6, 6.07) is 4.10. The van der Waals surface area contributed by atoms with Gasteiger partial charge in [0.05, 0.1) is 18.8 Å². The summed E-state index contributed by atoms with van der Waals surface area (Å²) in [4.78, 5) is 2.24. The summed E-state index contributed by atoms with van der Waals surface area (Å²) in [5.41, 5.74) is 0.571. The van der Waals surface area contributed by atoms with Crippen molar-refractivity contribution in [3.63, 3.8) is 0 Å². The van der Waals surface area contributed by atoms with Crippen molar-refractivity contribution in [3.05, 3.63) is 35.4 Å². The summed E-state index contributed by atoms with van der Waals surface area (Å²) in [6.07, 6.45) is -0.756. The molecule has 20 heavy (non-hydrogen) atoms. The Labute approximate surface area is 118 Å². The Hall–Kier alpha value is -1.04. The summed E-state index contributed by atoms with van der Waals surface area (Å²) < 4.78 is 31.6. The van der Waals surface area contributed by atoms with Crippen LogP contribution in [0, 0.1) is 11.6 Å². The maximum Gasteiger partial charge on any atom is 0.159 e. The second kappa shape index (κ2) is 6.61. The lowest BCUT2D eigenvalue weighted by molar-refractivity contribution is -0.0940. The number of hydrogen-bond donors (Lipinski definition) is 1. The largest absolute Gasteiger partial charge is 0.390 e. The lowest BCUT2D eigenvalue weighted by atomic mass is 10.0. The Morgan fingerprint density at radius 2 is 2.10 bits per heavy atom. The van der Waals surface area contributed by atoms with Gasteiger partial charge in [-0.3, -0.25) is 4.90 Å². The molecule has 1 fully saturated rings. The van der Waals surface area contributed by atoms with Gasteiger partial charge < -0.3 is 9.84 Å². The number of rotatable bonds is 4. The van der Waals surface area contributed by atoms with Gasteiger partial charge in [0, 0.05) is 25.6 Å². The number of morpholine rings is 1. The van der Waals surface area contributed by atoms with E-state index in [4.69, 9.17) is 4.74 Å². The van der Waals surface area contributed by atoms with Crippen LogP contribution in [-0.2, 0) is 11.2 Å². The van der Waals surface area contributed by atoms with Crippen molar-refractivity contribution in [2.24, 2.45) is 0 Å². The molecule has 1 N–H and O–H groups in total. The molecule has 0 spiro atoms. The van der Waals surface area contributed by atoms with Crippen molar-refractivity contribution in [2.45, 2.75) is 38.5 Å². The van der Waals surface area contributed by atoms with Crippen LogP contribution in [0.1, 0.15) is 19.4 Å². The lowest BCUT2D eigenvalue weighted by Gasteiger charge is -2.37. The molecule has 2 atom stereocenters. The van der Waals surface area contributed by atoms with E-state index in [0.29, 0.717) is 24.8 Å². The predicted octanol–water partition coefficient (Wildman–Crippen LogP) is 1.98. The van der Waals surface area contributed by atoms with Crippen molar-refractivity contribution in [3.8, 4) is 0 Å². The van der Waals surface area contributed by atoms with Crippen LogP contribution in [0.25, 0.3) is 0 Å². The number of hydrogen-bond acceptors (Lipinski definition) is 3. The summed E-state index contributed by atoms with van der Waals surface area (Å²) in [7, 11) is 0. The van der Waals surface area contributed by atoms with E-state index in [9.17, 15) is 13.9 Å². The van der Waals surface area contributed by atoms with Crippen LogP contribution in [-0.4, -0.2) is 48.0 Å². The standard InChI is InChI=1S/C15H21F2NO2/c1-10(2)18-5-6-20-15(9-18)14(19)8-11-3-4-12(16)13(17)7-11/h3-4,7,10,14-15,19H,5-6,8-9H2,1-2H3. The molecular formula is C15H21F2NO2. The second-order valence-electron chi connectivity index (χ2n) is 5.52. The fraction of sp³-hybridized carbons (Fsp3) is 0.600. The molecule has 1 aromatic carbocycles. The van der Waals surface area contributed by atoms with E-state index in [1.807, 2.05) is 0 Å². The normalized spacial score (nSPS) is 22.2. The highest BCUT2D eigenvalue weighted by Gasteiger charge is 2.28. The molecule has 1 saturated heterocycles. The van der Waals surface area contributed by atoms with Gasteiger partial charge in [0.15, 0.2) is 11.6 Å². The van der Waals surface area contributed by atoms with Crippen molar-refractivity contribution >= 4 is 0 Å². The highest BCUT2D eigenvalue weighted by atomic mass is 19.2. The molecule has 0 radical (unpaired) electrons. The van der Waals surface area contributed by atoms with Gasteiger partial charge in [-0.1, -0.05) is 6.07 Å². The van der Waals surface area contributed by atoms with E-state index >= 15 is 0 Å². The van der Waals surface area contributed by atoms with E-state index in [1.165, 1.54) is 6.07 Å². The Morgan fingerprint density at radius 1 is 1.35 bits per heavy atom. The first-order chi connectivity index (χ1) is 9.47. The lowest BCUT2D eigenvalue weighted by Crippen LogP contribution is -2.50. The molecule has 1 aliphatic heterocycles. The topological polar surface area (TPSA) is 32.7 Å². The molecule has 0 aromatic heterocycles. The molecule has 112 valence electrons. The molecule has 1 heterocycles. The smallest absolute Gasteiger partial charge is 0.159 e. The number of benzene rings is 1. The van der Waals surface area contributed by atoms with Crippen molar-refractivity contribution in [1.29, 1.82) is 0 Å².